The number of hydrogen-bond donors (Lipinski definition) is 4. The van der Waals surface area contributed by atoms with Gasteiger partial charge in [0, 0.05) is 6.42 Å². The molecule has 1 rings (SSSR count). The fraction of sp³-hybridized carbons (Fsp3) is 1.00. The summed E-state index contributed by atoms with van der Waals surface area (Å²) in [5.41, 5.74) is 0. The summed E-state index contributed by atoms with van der Waals surface area (Å²) in [6.45, 7) is 0. The van der Waals surface area contributed by atoms with E-state index in [0.717, 1.165) is 0 Å². The molecule has 1 saturated carbocycles. The second-order valence-electron chi connectivity index (χ2n) is 2.96. The Hall–Kier alpha value is -0.300. The summed E-state index contributed by atoms with van der Waals surface area (Å²) in [4.78, 5) is 0. The summed E-state index contributed by atoms with van der Waals surface area (Å²) in [6.07, 6.45) is -8.75. The van der Waals surface area contributed by atoms with E-state index in [1.807, 2.05) is 0 Å². The lowest BCUT2D eigenvalue weighted by Crippen LogP contribution is -2.59. The van der Waals surface area contributed by atoms with Crippen molar-refractivity contribution in [2.75, 3.05) is 0 Å². The van der Waals surface area contributed by atoms with Gasteiger partial charge in [0.1, 0.15) is 18.3 Å². The van der Waals surface area contributed by atoms with Gasteiger partial charge in [-0.1, -0.05) is 0 Å². The maximum absolute atomic E-state index is 12.6. The number of rotatable bonds is 0. The van der Waals surface area contributed by atoms with Crippen LogP contribution in [0.3, 0.4) is 0 Å². The average molecular weight is 184 g/mol. The minimum absolute atomic E-state index is 1.04. The first-order chi connectivity index (χ1) is 5.36. The van der Waals surface area contributed by atoms with Crippen LogP contribution in [0.2, 0.25) is 0 Å². The Morgan fingerprint density at radius 3 is 2.00 bits per heavy atom. The minimum atomic E-state index is -3.54. The largest absolute Gasteiger partial charge is 0.390 e. The molecule has 0 aromatic heterocycles. The first-order valence-electron chi connectivity index (χ1n) is 3.46. The van der Waals surface area contributed by atoms with Crippen molar-refractivity contribution in [2.45, 2.75) is 36.8 Å². The lowest BCUT2D eigenvalue weighted by atomic mass is 9.87. The topological polar surface area (TPSA) is 80.9 Å². The minimum Gasteiger partial charge on any atom is -0.390 e. The van der Waals surface area contributed by atoms with E-state index in [-0.39, 0.29) is 0 Å². The summed E-state index contributed by atoms with van der Waals surface area (Å²) in [5, 5.41) is 35.2. The molecule has 4 unspecified atom stereocenters. The van der Waals surface area contributed by atoms with Crippen molar-refractivity contribution in [1.29, 1.82) is 0 Å². The van der Waals surface area contributed by atoms with E-state index < -0.39 is 36.8 Å². The van der Waals surface area contributed by atoms with Crippen LogP contribution in [-0.4, -0.2) is 50.8 Å². The Bertz CT molecular complexity index is 175. The fourth-order valence-corrected chi connectivity index (χ4v) is 1.18. The van der Waals surface area contributed by atoms with Gasteiger partial charge in [-0.2, -0.15) is 0 Å². The zero-order valence-corrected chi connectivity index (χ0v) is 6.06. The summed E-state index contributed by atoms with van der Waals surface area (Å²) in [6, 6.07) is 0. The monoisotopic (exact) mass is 184 g/mol. The van der Waals surface area contributed by atoms with Crippen molar-refractivity contribution < 1.29 is 29.2 Å². The molecule has 0 saturated heterocycles. The molecule has 4 atom stereocenters. The third-order valence-electron chi connectivity index (χ3n) is 1.98. The van der Waals surface area contributed by atoms with Crippen LogP contribution in [0, 0.1) is 0 Å². The van der Waals surface area contributed by atoms with Crippen LogP contribution in [-0.2, 0) is 0 Å². The van der Waals surface area contributed by atoms with Gasteiger partial charge in [0.15, 0.2) is 0 Å². The molecule has 1 aliphatic carbocycles. The first-order valence-corrected chi connectivity index (χ1v) is 3.46. The third kappa shape index (κ3) is 1.42. The number of halogens is 2. The summed E-state index contributed by atoms with van der Waals surface area (Å²) in [5.74, 6) is -3.54. The van der Waals surface area contributed by atoms with Gasteiger partial charge in [0.2, 0.25) is 0 Å². The highest BCUT2D eigenvalue weighted by Gasteiger charge is 2.53. The molecule has 0 spiro atoms. The highest BCUT2D eigenvalue weighted by Crippen LogP contribution is 2.33. The standard InChI is InChI=1S/C6H10F2O4/c7-6(8)1-2(9)3(10)4(11)5(6)12/h2-5,9-12H,1H2. The molecule has 12 heavy (non-hydrogen) atoms. The van der Waals surface area contributed by atoms with Crippen LogP contribution >= 0.6 is 0 Å². The van der Waals surface area contributed by atoms with Crippen LogP contribution in [0.25, 0.3) is 0 Å². The molecule has 0 aliphatic heterocycles. The molecule has 0 bridgehead atoms. The predicted octanol–water partition coefficient (Wildman–Crippen LogP) is -1.53. The molecule has 4 nitrogen and oxygen atoms in total. The lowest BCUT2D eigenvalue weighted by molar-refractivity contribution is -0.236. The Morgan fingerprint density at radius 1 is 1.00 bits per heavy atom. The van der Waals surface area contributed by atoms with Gasteiger partial charge in [-0.25, -0.2) is 8.78 Å². The van der Waals surface area contributed by atoms with Gasteiger partial charge < -0.3 is 20.4 Å². The van der Waals surface area contributed by atoms with E-state index in [2.05, 4.69) is 0 Å². The van der Waals surface area contributed by atoms with E-state index in [1.54, 1.807) is 0 Å². The van der Waals surface area contributed by atoms with Gasteiger partial charge in [0.05, 0.1) is 6.10 Å². The average Bonchev–Trinajstić information content (AvgIpc) is 1.97. The third-order valence-corrected chi connectivity index (χ3v) is 1.98. The number of aliphatic hydroxyl groups is 4. The van der Waals surface area contributed by atoms with E-state index in [1.165, 1.54) is 0 Å². The zero-order chi connectivity index (χ0) is 9.52. The van der Waals surface area contributed by atoms with E-state index in [0.29, 0.717) is 0 Å². The van der Waals surface area contributed by atoms with Crippen LogP contribution in [0.1, 0.15) is 6.42 Å². The van der Waals surface area contributed by atoms with Crippen molar-refractivity contribution in [3.63, 3.8) is 0 Å². The normalized spacial score (nSPS) is 47.5. The van der Waals surface area contributed by atoms with Crippen molar-refractivity contribution in [3.8, 4) is 0 Å². The van der Waals surface area contributed by atoms with Crippen LogP contribution < -0.4 is 0 Å². The fourth-order valence-electron chi connectivity index (χ4n) is 1.18. The van der Waals surface area contributed by atoms with Gasteiger partial charge in [-0.3, -0.25) is 0 Å². The molecule has 0 aromatic carbocycles. The van der Waals surface area contributed by atoms with Crippen LogP contribution in [0.15, 0.2) is 0 Å². The zero-order valence-electron chi connectivity index (χ0n) is 6.06. The molecule has 4 N–H and O–H groups in total. The Morgan fingerprint density at radius 2 is 1.50 bits per heavy atom. The van der Waals surface area contributed by atoms with Gasteiger partial charge in [0.25, 0.3) is 5.92 Å². The smallest absolute Gasteiger partial charge is 0.278 e. The van der Waals surface area contributed by atoms with E-state index in [4.69, 9.17) is 20.4 Å². The maximum atomic E-state index is 12.6. The van der Waals surface area contributed by atoms with Crippen LogP contribution in [0.5, 0.6) is 0 Å². The maximum Gasteiger partial charge on any atom is 0.278 e. The molecule has 0 radical (unpaired) electrons. The second kappa shape index (κ2) is 2.88. The van der Waals surface area contributed by atoms with E-state index in [9.17, 15) is 8.78 Å². The highest BCUT2D eigenvalue weighted by atomic mass is 19.3. The number of alkyl halides is 2. The second-order valence-corrected chi connectivity index (χ2v) is 2.96. The molecule has 72 valence electrons. The van der Waals surface area contributed by atoms with Crippen LogP contribution in [0.4, 0.5) is 8.78 Å². The molecular formula is C6H10F2O4. The van der Waals surface area contributed by atoms with Crippen molar-refractivity contribution >= 4 is 0 Å². The highest BCUT2D eigenvalue weighted by molar-refractivity contribution is 4.97. The van der Waals surface area contributed by atoms with Crippen molar-refractivity contribution in [2.24, 2.45) is 0 Å². The van der Waals surface area contributed by atoms with Crippen molar-refractivity contribution in [1.82, 2.24) is 0 Å². The molecule has 0 aromatic rings. The van der Waals surface area contributed by atoms with Crippen molar-refractivity contribution in [3.05, 3.63) is 0 Å². The molecular weight excluding hydrogens is 174 g/mol. The molecule has 1 aliphatic rings. The SMILES string of the molecule is OC1CC(F)(F)C(O)C(O)C1O. The van der Waals surface area contributed by atoms with E-state index >= 15 is 0 Å². The lowest BCUT2D eigenvalue weighted by Gasteiger charge is -2.37. The van der Waals surface area contributed by atoms with Gasteiger partial charge in [-0.05, 0) is 0 Å². The molecule has 1 fully saturated rings. The molecule has 0 heterocycles. The summed E-state index contributed by atoms with van der Waals surface area (Å²) < 4.78 is 25.2. The molecule has 6 heteroatoms. The quantitative estimate of drug-likeness (QED) is 0.368. The Balaban J connectivity index is 2.78. The Labute approximate surface area is 67.1 Å². The number of aliphatic hydroxyl groups excluding tert-OH is 4. The predicted molar refractivity (Wildman–Crippen MR) is 33.6 cm³/mol. The first kappa shape index (κ1) is 9.79. The molecule has 0 amide bonds. The summed E-state index contributed by atoms with van der Waals surface area (Å²) in [7, 11) is 0. The van der Waals surface area contributed by atoms with Gasteiger partial charge >= 0.3 is 0 Å². The summed E-state index contributed by atoms with van der Waals surface area (Å²) >= 11 is 0. The van der Waals surface area contributed by atoms with Gasteiger partial charge in [-0.15, -0.1) is 0 Å². The number of hydrogen-bond acceptors (Lipinski definition) is 4. The Kier molecular flexibility index (Phi) is 2.35.